The fourth-order valence-corrected chi connectivity index (χ4v) is 3.97. The molecule has 0 spiro atoms. The number of para-hydroxylation sites is 5. The number of hydrogen-bond acceptors (Lipinski definition) is 4. The van der Waals surface area contributed by atoms with Crippen LogP contribution in [0.3, 0.4) is 0 Å². The van der Waals surface area contributed by atoms with Gasteiger partial charge in [0.05, 0.1) is 39.9 Å². The first kappa shape index (κ1) is 19.2. The minimum absolute atomic E-state index is 0.547. The fraction of sp³-hybridized carbons (Fsp3) is 0.0357. The largest absolute Gasteiger partial charge is 0.457 e. The molecule has 2 aromatic heterocycles. The molecular formula is C28H20N4O. The average Bonchev–Trinajstić information content (AvgIpc) is 3.27. The van der Waals surface area contributed by atoms with E-state index in [1.165, 1.54) is 0 Å². The highest BCUT2D eigenvalue weighted by Gasteiger charge is 2.15. The van der Waals surface area contributed by atoms with Gasteiger partial charge in [-0.1, -0.05) is 54.6 Å². The lowest BCUT2D eigenvalue weighted by atomic mass is 10.1. The van der Waals surface area contributed by atoms with E-state index < -0.39 is 0 Å². The molecule has 2 heterocycles. The summed E-state index contributed by atoms with van der Waals surface area (Å²) in [5, 5.41) is 0. The highest BCUT2D eigenvalue weighted by molar-refractivity contribution is 5.79. The second-order valence-corrected chi connectivity index (χ2v) is 7.83. The van der Waals surface area contributed by atoms with Crippen molar-refractivity contribution in [1.82, 2.24) is 19.9 Å². The Labute approximate surface area is 190 Å². The van der Waals surface area contributed by atoms with Gasteiger partial charge in [-0.25, -0.2) is 15.0 Å². The van der Waals surface area contributed by atoms with Crippen LogP contribution in [0.15, 0.2) is 103 Å². The molecular weight excluding hydrogens is 408 g/mol. The Morgan fingerprint density at radius 2 is 1.30 bits per heavy atom. The van der Waals surface area contributed by atoms with Crippen LogP contribution in [0.25, 0.3) is 33.3 Å². The first-order valence-corrected chi connectivity index (χ1v) is 10.8. The topological polar surface area (TPSA) is 63.7 Å². The van der Waals surface area contributed by atoms with Crippen molar-refractivity contribution in [2.75, 3.05) is 0 Å². The quantitative estimate of drug-likeness (QED) is 0.338. The van der Waals surface area contributed by atoms with Gasteiger partial charge in [0.25, 0.3) is 0 Å². The maximum atomic E-state index is 6.06. The number of imidazole rings is 1. The van der Waals surface area contributed by atoms with Crippen molar-refractivity contribution < 1.29 is 4.74 Å². The van der Waals surface area contributed by atoms with E-state index in [0.717, 1.165) is 56.3 Å². The molecule has 0 fully saturated rings. The van der Waals surface area contributed by atoms with Crippen LogP contribution < -0.4 is 4.74 Å². The van der Waals surface area contributed by atoms with Gasteiger partial charge in [0.1, 0.15) is 17.3 Å². The fourth-order valence-electron chi connectivity index (χ4n) is 3.97. The van der Waals surface area contributed by atoms with E-state index in [9.17, 15) is 0 Å². The number of ether oxygens (including phenoxy) is 1. The Morgan fingerprint density at radius 1 is 0.606 bits per heavy atom. The minimum atomic E-state index is 0.547. The van der Waals surface area contributed by atoms with Crippen molar-refractivity contribution in [3.63, 3.8) is 0 Å². The molecule has 0 unspecified atom stereocenters. The number of hydrogen-bond donors (Lipinski definition) is 1. The molecule has 0 saturated carbocycles. The van der Waals surface area contributed by atoms with E-state index in [0.29, 0.717) is 6.42 Å². The highest BCUT2D eigenvalue weighted by Crippen LogP contribution is 2.30. The highest BCUT2D eigenvalue weighted by atomic mass is 16.5. The lowest BCUT2D eigenvalue weighted by molar-refractivity contribution is 0.483. The molecule has 33 heavy (non-hydrogen) atoms. The third-order valence-corrected chi connectivity index (χ3v) is 5.50. The van der Waals surface area contributed by atoms with Crippen molar-refractivity contribution >= 4 is 22.1 Å². The molecule has 0 saturated heterocycles. The molecule has 0 aliphatic carbocycles. The molecule has 5 nitrogen and oxygen atoms in total. The SMILES string of the molecule is c1ccc(Oc2cccc(-c3nc4ccccc4nc3Cc3nc4ccccc4[nH]3)c2)cc1. The third kappa shape index (κ3) is 3.92. The summed E-state index contributed by atoms with van der Waals surface area (Å²) in [5.41, 5.74) is 6.33. The molecule has 6 aromatic rings. The second kappa shape index (κ2) is 8.20. The van der Waals surface area contributed by atoms with Crippen LogP contribution >= 0.6 is 0 Å². The van der Waals surface area contributed by atoms with Gasteiger partial charge >= 0.3 is 0 Å². The third-order valence-electron chi connectivity index (χ3n) is 5.50. The first-order valence-electron chi connectivity index (χ1n) is 10.8. The van der Waals surface area contributed by atoms with E-state index >= 15 is 0 Å². The summed E-state index contributed by atoms with van der Waals surface area (Å²) in [4.78, 5) is 18.1. The predicted molar refractivity (Wildman–Crippen MR) is 130 cm³/mol. The van der Waals surface area contributed by atoms with Crippen LogP contribution in [0.4, 0.5) is 0 Å². The Balaban J connectivity index is 1.44. The molecule has 158 valence electrons. The summed E-state index contributed by atoms with van der Waals surface area (Å²) in [6.45, 7) is 0. The van der Waals surface area contributed by atoms with Gasteiger partial charge in [-0.15, -0.1) is 0 Å². The van der Waals surface area contributed by atoms with E-state index in [4.69, 9.17) is 19.7 Å². The van der Waals surface area contributed by atoms with Crippen molar-refractivity contribution in [3.05, 3.63) is 115 Å². The van der Waals surface area contributed by atoms with Gasteiger partial charge in [-0.05, 0) is 48.5 Å². The van der Waals surface area contributed by atoms with Gasteiger partial charge < -0.3 is 9.72 Å². The van der Waals surface area contributed by atoms with Gasteiger partial charge in [0, 0.05) is 5.56 Å². The number of aromatic nitrogens is 4. The maximum absolute atomic E-state index is 6.06. The van der Waals surface area contributed by atoms with Crippen molar-refractivity contribution in [1.29, 1.82) is 0 Å². The zero-order valence-electron chi connectivity index (χ0n) is 17.8. The predicted octanol–water partition coefficient (Wildman–Crippen LogP) is 6.56. The lowest BCUT2D eigenvalue weighted by Crippen LogP contribution is -2.01. The molecule has 0 aliphatic rings. The number of fused-ring (bicyclic) bond motifs is 2. The molecule has 0 amide bonds. The summed E-state index contributed by atoms with van der Waals surface area (Å²) < 4.78 is 6.06. The molecule has 0 bridgehead atoms. The summed E-state index contributed by atoms with van der Waals surface area (Å²) >= 11 is 0. The van der Waals surface area contributed by atoms with Gasteiger partial charge in [0.2, 0.25) is 0 Å². The molecule has 0 aliphatic heterocycles. The van der Waals surface area contributed by atoms with Gasteiger partial charge in [0.15, 0.2) is 0 Å². The normalized spacial score (nSPS) is 11.2. The van der Waals surface area contributed by atoms with Crippen LogP contribution in [0.2, 0.25) is 0 Å². The van der Waals surface area contributed by atoms with Crippen LogP contribution in [0, 0.1) is 0 Å². The summed E-state index contributed by atoms with van der Waals surface area (Å²) in [7, 11) is 0. The van der Waals surface area contributed by atoms with Crippen molar-refractivity contribution in [3.8, 4) is 22.8 Å². The Kier molecular flexibility index (Phi) is 4.77. The van der Waals surface area contributed by atoms with Crippen LogP contribution in [0.5, 0.6) is 11.5 Å². The van der Waals surface area contributed by atoms with E-state index in [1.54, 1.807) is 0 Å². The zero-order chi connectivity index (χ0) is 22.0. The minimum Gasteiger partial charge on any atom is -0.457 e. The lowest BCUT2D eigenvalue weighted by Gasteiger charge is -2.11. The molecule has 4 aromatic carbocycles. The van der Waals surface area contributed by atoms with Crippen molar-refractivity contribution in [2.24, 2.45) is 0 Å². The van der Waals surface area contributed by atoms with Crippen LogP contribution in [-0.2, 0) is 6.42 Å². The number of aromatic amines is 1. The van der Waals surface area contributed by atoms with Gasteiger partial charge in [-0.2, -0.15) is 0 Å². The molecule has 6 rings (SSSR count). The summed E-state index contributed by atoms with van der Waals surface area (Å²) in [5.74, 6) is 2.41. The van der Waals surface area contributed by atoms with Crippen LogP contribution in [0.1, 0.15) is 11.5 Å². The zero-order valence-corrected chi connectivity index (χ0v) is 17.8. The standard InChI is InChI=1S/C28H20N4O/c1-2-10-20(11-3-1)33-21-12-8-9-19(17-21)28-26(29-22-13-4-7-16-25(22)32-28)18-27-30-23-14-5-6-15-24(23)31-27/h1-17H,18H2,(H,30,31). The molecule has 0 radical (unpaired) electrons. The summed E-state index contributed by atoms with van der Waals surface area (Å²) in [6.07, 6.45) is 0.547. The average molecular weight is 428 g/mol. The number of benzene rings is 4. The van der Waals surface area contributed by atoms with Gasteiger partial charge in [-0.3, -0.25) is 0 Å². The smallest absolute Gasteiger partial charge is 0.128 e. The first-order chi connectivity index (χ1) is 16.3. The summed E-state index contributed by atoms with van der Waals surface area (Å²) in [6, 6.07) is 33.7. The van der Waals surface area contributed by atoms with Crippen LogP contribution in [-0.4, -0.2) is 19.9 Å². The molecule has 5 heteroatoms. The number of H-pyrrole nitrogens is 1. The number of rotatable bonds is 5. The van der Waals surface area contributed by atoms with E-state index in [2.05, 4.69) is 4.98 Å². The molecule has 1 N–H and O–H groups in total. The molecule has 0 atom stereocenters. The number of nitrogens with zero attached hydrogens (tertiary/aromatic N) is 3. The van der Waals surface area contributed by atoms with E-state index in [-0.39, 0.29) is 0 Å². The Hall–Kier alpha value is -4.51. The second-order valence-electron chi connectivity index (χ2n) is 7.83. The monoisotopic (exact) mass is 428 g/mol. The van der Waals surface area contributed by atoms with E-state index in [1.807, 2.05) is 103 Å². The van der Waals surface area contributed by atoms with Crippen molar-refractivity contribution in [2.45, 2.75) is 6.42 Å². The Bertz CT molecular complexity index is 1540. The Morgan fingerprint density at radius 3 is 2.12 bits per heavy atom. The maximum Gasteiger partial charge on any atom is 0.128 e. The number of nitrogens with one attached hydrogen (secondary N) is 1.